The Morgan fingerprint density at radius 3 is 2.48 bits per heavy atom. The Labute approximate surface area is 135 Å². The number of benzene rings is 1. The first-order chi connectivity index (χ1) is 11.1. The number of pyridine rings is 1. The molecule has 23 heavy (non-hydrogen) atoms. The fourth-order valence-corrected chi connectivity index (χ4v) is 2.50. The zero-order valence-electron chi connectivity index (χ0n) is 13.1. The van der Waals surface area contributed by atoms with Crippen LogP contribution in [-0.2, 0) is 0 Å². The third kappa shape index (κ3) is 3.78. The van der Waals surface area contributed by atoms with Crippen molar-refractivity contribution in [3.8, 4) is 5.75 Å². The summed E-state index contributed by atoms with van der Waals surface area (Å²) in [5, 5.41) is 12.1. The van der Waals surface area contributed by atoms with Crippen molar-refractivity contribution in [2.24, 2.45) is 0 Å². The van der Waals surface area contributed by atoms with Gasteiger partial charge in [0.15, 0.2) is 0 Å². The number of likely N-dealkylation sites (N-methyl/N-ethyl adjacent to an activating group) is 1. The lowest BCUT2D eigenvalue weighted by Gasteiger charge is -2.33. The Morgan fingerprint density at radius 1 is 1.09 bits per heavy atom. The molecule has 6 heteroatoms. The fraction of sp³-hybridized carbons (Fsp3) is 0.294. The van der Waals surface area contributed by atoms with Crippen molar-refractivity contribution < 1.29 is 9.90 Å². The molecule has 2 aromatic rings. The van der Waals surface area contributed by atoms with E-state index in [9.17, 15) is 9.90 Å². The van der Waals surface area contributed by atoms with Crippen molar-refractivity contribution in [3.05, 3.63) is 48.2 Å². The average molecular weight is 312 g/mol. The summed E-state index contributed by atoms with van der Waals surface area (Å²) < 4.78 is 0. The van der Waals surface area contributed by atoms with Gasteiger partial charge in [-0.05, 0) is 43.4 Å². The molecule has 1 aliphatic rings. The average Bonchev–Trinajstić information content (AvgIpc) is 2.58. The minimum atomic E-state index is -0.258. The molecule has 0 atom stereocenters. The molecule has 0 saturated carbocycles. The van der Waals surface area contributed by atoms with Crippen LogP contribution in [0.15, 0.2) is 42.5 Å². The van der Waals surface area contributed by atoms with Crippen LogP contribution in [0, 0.1) is 0 Å². The highest BCUT2D eigenvalue weighted by molar-refractivity contribution is 6.03. The van der Waals surface area contributed by atoms with Gasteiger partial charge in [0.25, 0.3) is 5.91 Å². The standard InChI is InChI=1S/C17H20N4O2/c1-20-9-11-21(12-10-20)16-4-2-3-15(19-16)17(23)18-13-5-7-14(22)8-6-13/h2-8,22H,9-12H2,1H3,(H,18,23). The van der Waals surface area contributed by atoms with Crippen molar-refractivity contribution in [1.82, 2.24) is 9.88 Å². The van der Waals surface area contributed by atoms with E-state index in [0.717, 1.165) is 32.0 Å². The highest BCUT2D eigenvalue weighted by atomic mass is 16.3. The van der Waals surface area contributed by atoms with E-state index in [2.05, 4.69) is 27.1 Å². The predicted octanol–water partition coefficient (Wildman–Crippen LogP) is 1.79. The van der Waals surface area contributed by atoms with Gasteiger partial charge in [-0.1, -0.05) is 6.07 Å². The zero-order valence-corrected chi connectivity index (χ0v) is 13.1. The fourth-order valence-electron chi connectivity index (χ4n) is 2.50. The van der Waals surface area contributed by atoms with Gasteiger partial charge in [-0.2, -0.15) is 0 Å². The van der Waals surface area contributed by atoms with Gasteiger partial charge in [0, 0.05) is 31.9 Å². The van der Waals surface area contributed by atoms with E-state index in [4.69, 9.17) is 0 Å². The van der Waals surface area contributed by atoms with E-state index < -0.39 is 0 Å². The third-order valence-electron chi connectivity index (χ3n) is 3.92. The van der Waals surface area contributed by atoms with Crippen LogP contribution in [0.3, 0.4) is 0 Å². The number of phenols is 1. The maximum absolute atomic E-state index is 12.3. The molecule has 1 aromatic carbocycles. The van der Waals surface area contributed by atoms with E-state index in [0.29, 0.717) is 11.4 Å². The van der Waals surface area contributed by atoms with Crippen LogP contribution in [0.2, 0.25) is 0 Å². The number of carbonyl (C=O) groups is 1. The second kappa shape index (κ2) is 6.66. The van der Waals surface area contributed by atoms with Crippen LogP contribution < -0.4 is 10.2 Å². The molecule has 1 aromatic heterocycles. The lowest BCUT2D eigenvalue weighted by atomic mass is 10.2. The number of carbonyl (C=O) groups excluding carboxylic acids is 1. The van der Waals surface area contributed by atoms with E-state index in [1.807, 2.05) is 12.1 Å². The molecule has 1 fully saturated rings. The van der Waals surface area contributed by atoms with Gasteiger partial charge in [0.05, 0.1) is 0 Å². The maximum atomic E-state index is 12.3. The van der Waals surface area contributed by atoms with Crippen molar-refractivity contribution >= 4 is 17.4 Å². The summed E-state index contributed by atoms with van der Waals surface area (Å²) in [6, 6.07) is 11.9. The van der Waals surface area contributed by atoms with E-state index >= 15 is 0 Å². The summed E-state index contributed by atoms with van der Waals surface area (Å²) in [4.78, 5) is 21.3. The molecule has 1 amide bonds. The van der Waals surface area contributed by atoms with Gasteiger partial charge >= 0.3 is 0 Å². The van der Waals surface area contributed by atoms with Gasteiger partial charge in [0.2, 0.25) is 0 Å². The van der Waals surface area contributed by atoms with Gasteiger partial charge in [-0.3, -0.25) is 4.79 Å². The lowest BCUT2D eigenvalue weighted by molar-refractivity contribution is 0.102. The Hall–Kier alpha value is -2.60. The first-order valence-electron chi connectivity index (χ1n) is 7.63. The smallest absolute Gasteiger partial charge is 0.274 e. The highest BCUT2D eigenvalue weighted by Crippen LogP contribution is 2.17. The number of hydrogen-bond donors (Lipinski definition) is 2. The number of aromatic nitrogens is 1. The van der Waals surface area contributed by atoms with Gasteiger partial charge < -0.3 is 20.2 Å². The number of amides is 1. The van der Waals surface area contributed by atoms with Gasteiger partial charge in [-0.25, -0.2) is 4.98 Å². The van der Waals surface area contributed by atoms with Crippen LogP contribution in [0.4, 0.5) is 11.5 Å². The van der Waals surface area contributed by atoms with Gasteiger partial charge in [-0.15, -0.1) is 0 Å². The first-order valence-corrected chi connectivity index (χ1v) is 7.63. The first kappa shape index (κ1) is 15.3. The van der Waals surface area contributed by atoms with Crippen LogP contribution in [0.1, 0.15) is 10.5 Å². The highest BCUT2D eigenvalue weighted by Gasteiger charge is 2.16. The predicted molar refractivity (Wildman–Crippen MR) is 90.0 cm³/mol. The molecular formula is C17H20N4O2. The Balaban J connectivity index is 1.71. The number of nitrogens with zero attached hydrogens (tertiary/aromatic N) is 3. The van der Waals surface area contributed by atoms with E-state index in [-0.39, 0.29) is 11.7 Å². The monoisotopic (exact) mass is 312 g/mol. The second-order valence-electron chi connectivity index (χ2n) is 5.67. The normalized spacial score (nSPS) is 15.4. The van der Waals surface area contributed by atoms with Crippen LogP contribution in [0.5, 0.6) is 5.75 Å². The topological polar surface area (TPSA) is 68.7 Å². The zero-order chi connectivity index (χ0) is 16.2. The number of aromatic hydroxyl groups is 1. The Kier molecular flexibility index (Phi) is 4.43. The second-order valence-corrected chi connectivity index (χ2v) is 5.67. The quantitative estimate of drug-likeness (QED) is 0.846. The van der Waals surface area contributed by atoms with Crippen molar-refractivity contribution in [1.29, 1.82) is 0 Å². The summed E-state index contributed by atoms with van der Waals surface area (Å²) in [7, 11) is 2.10. The number of rotatable bonds is 3. The molecule has 2 N–H and O–H groups in total. The molecule has 1 aliphatic heterocycles. The minimum absolute atomic E-state index is 0.165. The maximum Gasteiger partial charge on any atom is 0.274 e. The number of nitrogens with one attached hydrogen (secondary N) is 1. The molecule has 0 aliphatic carbocycles. The summed E-state index contributed by atoms with van der Waals surface area (Å²) >= 11 is 0. The molecule has 2 heterocycles. The number of phenolic OH excluding ortho intramolecular Hbond substituents is 1. The molecule has 0 bridgehead atoms. The molecule has 120 valence electrons. The lowest BCUT2D eigenvalue weighted by Crippen LogP contribution is -2.44. The van der Waals surface area contributed by atoms with E-state index in [1.54, 1.807) is 18.2 Å². The number of anilines is 2. The Morgan fingerprint density at radius 2 is 1.78 bits per heavy atom. The summed E-state index contributed by atoms with van der Waals surface area (Å²) in [6.07, 6.45) is 0. The van der Waals surface area contributed by atoms with E-state index in [1.165, 1.54) is 12.1 Å². The summed E-state index contributed by atoms with van der Waals surface area (Å²) in [6.45, 7) is 3.80. The molecule has 0 unspecified atom stereocenters. The van der Waals surface area contributed by atoms with Crippen LogP contribution in [-0.4, -0.2) is 54.1 Å². The van der Waals surface area contributed by atoms with Crippen LogP contribution >= 0.6 is 0 Å². The molecule has 1 saturated heterocycles. The van der Waals surface area contributed by atoms with Gasteiger partial charge in [0.1, 0.15) is 17.3 Å². The molecule has 6 nitrogen and oxygen atoms in total. The molecule has 0 radical (unpaired) electrons. The summed E-state index contributed by atoms with van der Waals surface area (Å²) in [5.41, 5.74) is 1.01. The minimum Gasteiger partial charge on any atom is -0.508 e. The summed E-state index contributed by atoms with van der Waals surface area (Å²) in [5.74, 6) is 0.737. The molecule has 3 rings (SSSR count). The number of piperazine rings is 1. The SMILES string of the molecule is CN1CCN(c2cccc(C(=O)Nc3ccc(O)cc3)n2)CC1. The van der Waals surface area contributed by atoms with Crippen molar-refractivity contribution in [2.75, 3.05) is 43.4 Å². The largest absolute Gasteiger partial charge is 0.508 e. The molecular weight excluding hydrogens is 292 g/mol. The molecule has 0 spiro atoms. The third-order valence-corrected chi connectivity index (χ3v) is 3.92. The van der Waals surface area contributed by atoms with Crippen molar-refractivity contribution in [2.45, 2.75) is 0 Å². The van der Waals surface area contributed by atoms with Crippen LogP contribution in [0.25, 0.3) is 0 Å². The number of hydrogen-bond acceptors (Lipinski definition) is 5. The van der Waals surface area contributed by atoms with Crippen molar-refractivity contribution in [3.63, 3.8) is 0 Å². The Bertz CT molecular complexity index is 679.